The van der Waals surface area contributed by atoms with E-state index in [0.717, 1.165) is 17.0 Å². The maximum atomic E-state index is 5.99. The van der Waals surface area contributed by atoms with Crippen LogP contribution in [-0.4, -0.2) is 15.8 Å². The molecular weight excluding hydrogens is 386 g/mol. The van der Waals surface area contributed by atoms with Crippen LogP contribution in [0.25, 0.3) is 11.0 Å². The summed E-state index contributed by atoms with van der Waals surface area (Å²) in [5.74, 6) is 0.996. The van der Waals surface area contributed by atoms with Crippen LogP contribution in [-0.2, 0) is 16.6 Å². The first kappa shape index (κ1) is 24.3. The van der Waals surface area contributed by atoms with Gasteiger partial charge in [0, 0.05) is 17.5 Å². The second-order valence-corrected chi connectivity index (χ2v) is 11.2. The molecule has 0 aliphatic carbocycles. The number of fused-ring (bicyclic) bond motifs is 1. The van der Waals surface area contributed by atoms with Crippen LogP contribution in [0.4, 0.5) is 5.69 Å². The number of nitrogen functional groups attached to an aromatic ring is 1. The molecule has 0 aliphatic heterocycles. The molecule has 2 aromatic carbocycles. The average Bonchev–Trinajstić information content (AvgIpc) is 3.06. The normalized spacial score (nSPS) is 12.2. The zero-order valence-corrected chi connectivity index (χ0v) is 21.0. The van der Waals surface area contributed by atoms with Crippen LogP contribution in [0.3, 0.4) is 0 Å². The summed E-state index contributed by atoms with van der Waals surface area (Å²) >= 11 is 1.80. The lowest BCUT2D eigenvalue weighted by Gasteiger charge is -2.20. The molecule has 30 heavy (non-hydrogen) atoms. The number of benzene rings is 2. The van der Waals surface area contributed by atoms with Crippen molar-refractivity contribution in [3.8, 4) is 0 Å². The van der Waals surface area contributed by atoms with Gasteiger partial charge in [-0.3, -0.25) is 0 Å². The van der Waals surface area contributed by atoms with Crippen LogP contribution in [0, 0.1) is 0 Å². The topological polar surface area (TPSA) is 43.8 Å². The number of nitrogens with zero attached hydrogens (tertiary/aromatic N) is 2. The Morgan fingerprint density at radius 3 is 2.00 bits per heavy atom. The zero-order valence-electron chi connectivity index (χ0n) is 20.2. The van der Waals surface area contributed by atoms with Gasteiger partial charge in [-0.15, -0.1) is 0 Å². The molecule has 0 radical (unpaired) electrons. The van der Waals surface area contributed by atoms with Gasteiger partial charge in [-0.1, -0.05) is 59.7 Å². The first-order chi connectivity index (χ1) is 13.8. The van der Waals surface area contributed by atoms with Crippen molar-refractivity contribution in [2.75, 3.05) is 12.0 Å². The van der Waals surface area contributed by atoms with Crippen LogP contribution >= 0.6 is 11.8 Å². The Labute approximate surface area is 187 Å². The van der Waals surface area contributed by atoms with E-state index in [1.807, 2.05) is 6.33 Å². The maximum Gasteiger partial charge on any atom is 0.0960 e. The molecule has 0 spiro atoms. The fraction of sp³-hybridized carbons (Fsp3) is 0.500. The Bertz CT molecular complexity index is 972. The van der Waals surface area contributed by atoms with Gasteiger partial charge in [-0.2, -0.15) is 11.8 Å². The Balaban J connectivity index is 0.000000216. The highest BCUT2D eigenvalue weighted by molar-refractivity contribution is 7.97. The number of aromatic nitrogens is 2. The summed E-state index contributed by atoms with van der Waals surface area (Å²) in [4.78, 5) is 4.48. The van der Waals surface area contributed by atoms with E-state index in [2.05, 4.69) is 108 Å². The number of imidazole rings is 1. The fourth-order valence-electron chi connectivity index (χ4n) is 3.26. The van der Waals surface area contributed by atoms with E-state index < -0.39 is 0 Å². The standard InChI is InChI=1S/C14H20N2.C12H19NS/c1-10(2)16-9-15-12-8-11(14(3,4)5)6-7-13(12)16;1-12(2,3)10-6-5-9(8-14-4)11(13)7-10/h6-10H,1-5H3;5-7H,8,13H2,1-4H3. The Morgan fingerprint density at radius 1 is 0.933 bits per heavy atom. The van der Waals surface area contributed by atoms with E-state index in [0.29, 0.717) is 6.04 Å². The lowest BCUT2D eigenvalue weighted by atomic mass is 9.86. The highest BCUT2D eigenvalue weighted by Gasteiger charge is 2.16. The summed E-state index contributed by atoms with van der Waals surface area (Å²) in [5, 5.41) is 0. The lowest BCUT2D eigenvalue weighted by molar-refractivity contribution is 0.590. The van der Waals surface area contributed by atoms with E-state index in [-0.39, 0.29) is 10.8 Å². The highest BCUT2D eigenvalue weighted by atomic mass is 32.2. The maximum absolute atomic E-state index is 5.99. The zero-order chi connectivity index (χ0) is 22.7. The minimum Gasteiger partial charge on any atom is -0.398 e. The molecule has 0 aliphatic rings. The highest BCUT2D eigenvalue weighted by Crippen LogP contribution is 2.28. The van der Waals surface area contributed by atoms with Crippen LogP contribution in [0.1, 0.15) is 78.1 Å². The second-order valence-electron chi connectivity index (χ2n) is 10.3. The van der Waals surface area contributed by atoms with Crippen molar-refractivity contribution in [1.29, 1.82) is 0 Å². The molecule has 4 heteroatoms. The molecule has 2 N–H and O–H groups in total. The van der Waals surface area contributed by atoms with Gasteiger partial charge in [0.2, 0.25) is 0 Å². The molecule has 0 saturated heterocycles. The van der Waals surface area contributed by atoms with Crippen molar-refractivity contribution in [1.82, 2.24) is 9.55 Å². The number of rotatable bonds is 3. The van der Waals surface area contributed by atoms with Gasteiger partial charge >= 0.3 is 0 Å². The average molecular weight is 426 g/mol. The largest absolute Gasteiger partial charge is 0.398 e. The molecule has 0 fully saturated rings. The Morgan fingerprint density at radius 2 is 1.50 bits per heavy atom. The summed E-state index contributed by atoms with van der Waals surface area (Å²) in [6, 6.07) is 13.5. The van der Waals surface area contributed by atoms with Crippen molar-refractivity contribution in [3.63, 3.8) is 0 Å². The number of hydrogen-bond donors (Lipinski definition) is 1. The number of thioether (sulfide) groups is 1. The molecule has 1 heterocycles. The van der Waals surface area contributed by atoms with Crippen molar-refractivity contribution in [2.45, 2.75) is 78.0 Å². The van der Waals surface area contributed by atoms with E-state index in [9.17, 15) is 0 Å². The number of nitrogens with two attached hydrogens (primary N) is 1. The summed E-state index contributed by atoms with van der Waals surface area (Å²) < 4.78 is 2.21. The monoisotopic (exact) mass is 425 g/mol. The third-order valence-electron chi connectivity index (χ3n) is 5.31. The van der Waals surface area contributed by atoms with Gasteiger partial charge in [0.1, 0.15) is 0 Å². The fourth-order valence-corrected chi connectivity index (χ4v) is 3.83. The molecule has 0 amide bonds. The SMILES string of the molecule is CC(C)n1cnc2cc(C(C)(C)C)ccc21.CSCc1ccc(C(C)(C)C)cc1N. The van der Waals surface area contributed by atoms with E-state index in [4.69, 9.17) is 5.73 Å². The minimum absolute atomic E-state index is 0.187. The summed E-state index contributed by atoms with van der Waals surface area (Å²) in [6.07, 6.45) is 4.03. The van der Waals surface area contributed by atoms with Crippen molar-refractivity contribution in [2.24, 2.45) is 0 Å². The predicted molar refractivity (Wildman–Crippen MR) is 136 cm³/mol. The first-order valence-electron chi connectivity index (χ1n) is 10.7. The summed E-state index contributed by atoms with van der Waals surface area (Å²) in [7, 11) is 0. The molecule has 3 nitrogen and oxygen atoms in total. The molecule has 0 unspecified atom stereocenters. The smallest absolute Gasteiger partial charge is 0.0960 e. The Kier molecular flexibility index (Phi) is 7.68. The van der Waals surface area contributed by atoms with Crippen LogP contribution in [0.2, 0.25) is 0 Å². The molecule has 0 bridgehead atoms. The lowest BCUT2D eigenvalue weighted by Crippen LogP contribution is -2.11. The summed E-state index contributed by atoms with van der Waals surface area (Å²) in [5.41, 5.74) is 13.5. The predicted octanol–water partition coefficient (Wildman–Crippen LogP) is 7.34. The molecule has 0 atom stereocenters. The van der Waals surface area contributed by atoms with Crippen molar-refractivity contribution >= 4 is 28.5 Å². The Hall–Kier alpha value is -1.94. The number of anilines is 1. The third-order valence-corrected chi connectivity index (χ3v) is 5.91. The third kappa shape index (κ3) is 6.04. The second kappa shape index (κ2) is 9.47. The molecule has 164 valence electrons. The van der Waals surface area contributed by atoms with Gasteiger partial charge in [0.25, 0.3) is 0 Å². The molecule has 0 saturated carbocycles. The van der Waals surface area contributed by atoms with E-state index >= 15 is 0 Å². The first-order valence-corrected chi connectivity index (χ1v) is 12.1. The van der Waals surface area contributed by atoms with Gasteiger partial charge in [0.05, 0.1) is 17.4 Å². The van der Waals surface area contributed by atoms with Crippen LogP contribution in [0.15, 0.2) is 42.7 Å². The molecular formula is C26H39N3S. The summed E-state index contributed by atoms with van der Waals surface area (Å²) in [6.45, 7) is 17.7. The van der Waals surface area contributed by atoms with Gasteiger partial charge < -0.3 is 10.3 Å². The van der Waals surface area contributed by atoms with Gasteiger partial charge in [0.15, 0.2) is 0 Å². The van der Waals surface area contributed by atoms with Crippen LogP contribution in [0.5, 0.6) is 0 Å². The van der Waals surface area contributed by atoms with E-state index in [1.165, 1.54) is 22.2 Å². The van der Waals surface area contributed by atoms with Gasteiger partial charge in [-0.25, -0.2) is 4.98 Å². The molecule has 3 rings (SSSR count). The van der Waals surface area contributed by atoms with E-state index in [1.54, 1.807) is 11.8 Å². The number of hydrogen-bond acceptors (Lipinski definition) is 3. The van der Waals surface area contributed by atoms with Crippen molar-refractivity contribution in [3.05, 3.63) is 59.4 Å². The minimum atomic E-state index is 0.187. The molecule has 3 aromatic rings. The quantitative estimate of drug-likeness (QED) is 0.446. The van der Waals surface area contributed by atoms with Crippen LogP contribution < -0.4 is 5.73 Å². The molecule has 1 aromatic heterocycles. The van der Waals surface area contributed by atoms with Gasteiger partial charge in [-0.05, 0) is 65.8 Å². The van der Waals surface area contributed by atoms with Crippen molar-refractivity contribution < 1.29 is 0 Å².